The molecule has 0 aliphatic heterocycles. The molecule has 2 aromatic carbocycles. The highest BCUT2D eigenvalue weighted by molar-refractivity contribution is 5.96. The lowest BCUT2D eigenvalue weighted by atomic mass is 9.97. The molecule has 13 heteroatoms. The van der Waals surface area contributed by atoms with E-state index in [2.05, 4.69) is 16.0 Å². The number of amides is 6. The summed E-state index contributed by atoms with van der Waals surface area (Å²) in [7, 11) is 3.02. The van der Waals surface area contributed by atoms with E-state index in [0.29, 0.717) is 32.2 Å². The van der Waals surface area contributed by atoms with Gasteiger partial charge in [-0.15, -0.1) is 0 Å². The molecule has 0 fully saturated rings. The second-order valence-corrected chi connectivity index (χ2v) is 14.2. The van der Waals surface area contributed by atoms with E-state index in [9.17, 15) is 28.8 Å². The Morgan fingerprint density at radius 2 is 1.19 bits per heavy atom. The van der Waals surface area contributed by atoms with Gasteiger partial charge in [-0.25, -0.2) is 0 Å². The fourth-order valence-electron chi connectivity index (χ4n) is 6.00. The second kappa shape index (κ2) is 21.6. The van der Waals surface area contributed by atoms with Crippen molar-refractivity contribution >= 4 is 35.4 Å². The van der Waals surface area contributed by atoms with Crippen molar-refractivity contribution in [3.05, 3.63) is 71.8 Å². The summed E-state index contributed by atoms with van der Waals surface area (Å²) in [5.41, 5.74) is 12.9. The van der Waals surface area contributed by atoms with Crippen molar-refractivity contribution in [3.8, 4) is 0 Å². The van der Waals surface area contributed by atoms with Gasteiger partial charge in [0.15, 0.2) is 0 Å². The van der Waals surface area contributed by atoms with Crippen LogP contribution in [0.5, 0.6) is 0 Å². The molecule has 6 amide bonds. The average Bonchev–Trinajstić information content (AvgIpc) is 3.10. The van der Waals surface area contributed by atoms with E-state index in [4.69, 9.17) is 11.5 Å². The number of nitrogens with one attached hydrogen (secondary N) is 3. The van der Waals surface area contributed by atoms with Crippen LogP contribution in [0.1, 0.15) is 71.4 Å². The van der Waals surface area contributed by atoms with Crippen molar-refractivity contribution in [1.29, 1.82) is 0 Å². The van der Waals surface area contributed by atoms with Crippen molar-refractivity contribution in [3.63, 3.8) is 0 Å². The number of benzene rings is 2. The Bertz CT molecular complexity index is 1470. The van der Waals surface area contributed by atoms with Crippen LogP contribution in [0, 0.1) is 11.8 Å². The fourth-order valence-corrected chi connectivity index (χ4v) is 6.00. The quantitative estimate of drug-likeness (QED) is 0.121. The number of rotatable bonds is 21. The Labute approximate surface area is 308 Å². The van der Waals surface area contributed by atoms with Gasteiger partial charge in [-0.3, -0.25) is 28.8 Å². The van der Waals surface area contributed by atoms with E-state index in [1.54, 1.807) is 13.8 Å². The highest BCUT2D eigenvalue weighted by atomic mass is 16.2. The van der Waals surface area contributed by atoms with Crippen molar-refractivity contribution in [2.75, 3.05) is 20.6 Å². The summed E-state index contributed by atoms with van der Waals surface area (Å²) in [6.45, 7) is 9.19. The third kappa shape index (κ3) is 13.7. The number of likely N-dealkylation sites (N-methyl/N-ethyl adjacent to an activating group) is 2. The van der Waals surface area contributed by atoms with E-state index in [1.807, 2.05) is 74.5 Å². The van der Waals surface area contributed by atoms with Crippen LogP contribution in [0.2, 0.25) is 0 Å². The summed E-state index contributed by atoms with van der Waals surface area (Å²) in [5, 5.41) is 8.35. The SMILES string of the molecule is CC(=O)N[C@@H](CCCCN)C(=O)N(C)[C@@H](CC(C)C)C(=O)N[C@H](C(=O)N(C)[C@@H](Cc1ccccc1)C(=O)N[C@H](Cc1ccccc1)C(N)=O)C(C)C. The normalized spacial score (nSPS) is 14.0. The van der Waals surface area contributed by atoms with Gasteiger partial charge in [0.05, 0.1) is 0 Å². The molecule has 0 aromatic heterocycles. The molecule has 0 radical (unpaired) electrons. The van der Waals surface area contributed by atoms with Crippen LogP contribution in [0.4, 0.5) is 0 Å². The summed E-state index contributed by atoms with van der Waals surface area (Å²) in [6, 6.07) is 13.4. The molecule has 0 unspecified atom stereocenters. The number of primary amides is 1. The van der Waals surface area contributed by atoms with Gasteiger partial charge >= 0.3 is 0 Å². The van der Waals surface area contributed by atoms with Crippen molar-refractivity contribution in [2.45, 2.75) is 103 Å². The molecule has 13 nitrogen and oxygen atoms in total. The number of carbonyl (C=O) groups excluding carboxylic acids is 6. The number of carbonyl (C=O) groups is 6. The highest BCUT2D eigenvalue weighted by Gasteiger charge is 2.38. The van der Waals surface area contributed by atoms with E-state index >= 15 is 0 Å². The lowest BCUT2D eigenvalue weighted by Gasteiger charge is -2.35. The first-order chi connectivity index (χ1) is 24.6. The third-order valence-electron chi connectivity index (χ3n) is 9.00. The zero-order valence-electron chi connectivity index (χ0n) is 31.8. The van der Waals surface area contributed by atoms with Crippen LogP contribution in [0.15, 0.2) is 60.7 Å². The lowest BCUT2D eigenvalue weighted by Crippen LogP contribution is -2.61. The first-order valence-corrected chi connectivity index (χ1v) is 18.1. The molecule has 0 saturated carbocycles. The smallest absolute Gasteiger partial charge is 0.245 e. The minimum Gasteiger partial charge on any atom is -0.368 e. The van der Waals surface area contributed by atoms with Crippen LogP contribution in [-0.2, 0) is 41.6 Å². The number of nitrogens with zero attached hydrogens (tertiary/aromatic N) is 2. The molecule has 7 N–H and O–H groups in total. The summed E-state index contributed by atoms with van der Waals surface area (Å²) in [5.74, 6) is -3.53. The lowest BCUT2D eigenvalue weighted by molar-refractivity contribution is -0.146. The maximum atomic E-state index is 14.3. The molecule has 2 rings (SSSR count). The zero-order valence-corrected chi connectivity index (χ0v) is 31.8. The summed E-state index contributed by atoms with van der Waals surface area (Å²) >= 11 is 0. The van der Waals surface area contributed by atoms with Gasteiger partial charge in [0.1, 0.15) is 30.2 Å². The highest BCUT2D eigenvalue weighted by Crippen LogP contribution is 2.18. The molecule has 52 heavy (non-hydrogen) atoms. The molecule has 0 bridgehead atoms. The van der Waals surface area contributed by atoms with Crippen LogP contribution >= 0.6 is 0 Å². The van der Waals surface area contributed by atoms with Crippen LogP contribution in [-0.4, -0.2) is 96.1 Å². The van der Waals surface area contributed by atoms with E-state index < -0.39 is 65.7 Å². The predicted molar refractivity (Wildman–Crippen MR) is 201 cm³/mol. The van der Waals surface area contributed by atoms with E-state index in [0.717, 1.165) is 11.1 Å². The summed E-state index contributed by atoms with van der Waals surface area (Å²) in [4.78, 5) is 83.1. The topological polar surface area (TPSA) is 197 Å². The first-order valence-electron chi connectivity index (χ1n) is 18.1. The van der Waals surface area contributed by atoms with Gasteiger partial charge in [0.2, 0.25) is 35.4 Å². The minimum atomic E-state index is -1.06. The summed E-state index contributed by atoms with van der Waals surface area (Å²) < 4.78 is 0. The molecule has 286 valence electrons. The van der Waals surface area contributed by atoms with Gasteiger partial charge in [0.25, 0.3) is 0 Å². The Morgan fingerprint density at radius 1 is 0.673 bits per heavy atom. The Morgan fingerprint density at radius 3 is 1.67 bits per heavy atom. The molecule has 2 aromatic rings. The van der Waals surface area contributed by atoms with E-state index in [-0.39, 0.29) is 24.7 Å². The van der Waals surface area contributed by atoms with Gasteiger partial charge in [-0.05, 0) is 55.2 Å². The number of unbranched alkanes of at least 4 members (excludes halogenated alkanes) is 1. The molecule has 0 spiro atoms. The molecule has 0 saturated heterocycles. The molecular weight excluding hydrogens is 662 g/mol. The van der Waals surface area contributed by atoms with Gasteiger partial charge in [0, 0.05) is 33.9 Å². The number of hydrogen-bond donors (Lipinski definition) is 5. The van der Waals surface area contributed by atoms with E-state index in [1.165, 1.54) is 30.8 Å². The van der Waals surface area contributed by atoms with Crippen molar-refractivity contribution in [2.24, 2.45) is 23.3 Å². The average molecular weight is 722 g/mol. The molecule has 0 aliphatic carbocycles. The van der Waals surface area contributed by atoms with Crippen LogP contribution in [0.3, 0.4) is 0 Å². The van der Waals surface area contributed by atoms with Gasteiger partial charge in [-0.1, -0.05) is 88.4 Å². The molecule has 0 aliphatic rings. The maximum absolute atomic E-state index is 14.3. The van der Waals surface area contributed by atoms with Gasteiger partial charge in [-0.2, -0.15) is 0 Å². The monoisotopic (exact) mass is 721 g/mol. The molecular formula is C39H59N7O6. The van der Waals surface area contributed by atoms with Crippen molar-refractivity contribution in [1.82, 2.24) is 25.8 Å². The van der Waals surface area contributed by atoms with Gasteiger partial charge < -0.3 is 37.2 Å². The Balaban J connectivity index is 2.39. The Hall–Kier alpha value is -4.78. The fraction of sp³-hybridized carbons (Fsp3) is 0.538. The Kier molecular flexibility index (Phi) is 18.0. The number of nitrogens with two attached hydrogens (primary N) is 2. The predicted octanol–water partition coefficient (Wildman–Crippen LogP) is 1.92. The second-order valence-electron chi connectivity index (χ2n) is 14.2. The minimum absolute atomic E-state index is 0.00590. The maximum Gasteiger partial charge on any atom is 0.245 e. The standard InChI is InChI=1S/C39H59N7O6/c1-25(2)22-32(45(6)38(51)30(42-27(5)47)20-14-15-21-40)37(50)44-34(26(3)4)39(52)46(7)33(24-29-18-12-9-13-19-29)36(49)43-31(35(41)48)23-28-16-10-8-11-17-28/h8-13,16-19,25-26,30-34H,14-15,20-24,40H2,1-7H3,(H2,41,48)(H,42,47)(H,43,49)(H,44,50)/t30-,31+,32-,33-,34-/m0/s1. The zero-order chi connectivity index (χ0) is 39.0. The first kappa shape index (κ1) is 43.4. The molecule has 5 atom stereocenters. The van der Waals surface area contributed by atoms with Crippen LogP contribution < -0.4 is 27.4 Å². The number of hydrogen-bond acceptors (Lipinski definition) is 7. The largest absolute Gasteiger partial charge is 0.368 e. The third-order valence-corrected chi connectivity index (χ3v) is 9.00. The van der Waals surface area contributed by atoms with Crippen molar-refractivity contribution < 1.29 is 28.8 Å². The van der Waals surface area contributed by atoms with Crippen LogP contribution in [0.25, 0.3) is 0 Å². The summed E-state index contributed by atoms with van der Waals surface area (Å²) in [6.07, 6.45) is 2.25. The molecule has 0 heterocycles.